The minimum atomic E-state index is -0.286. The zero-order valence-electron chi connectivity index (χ0n) is 12.8. The van der Waals surface area contributed by atoms with E-state index in [0.29, 0.717) is 17.7 Å². The van der Waals surface area contributed by atoms with Gasteiger partial charge in [-0.2, -0.15) is 5.26 Å². The molecule has 2 rings (SSSR count). The highest BCUT2D eigenvalue weighted by Gasteiger charge is 2.20. The maximum Gasteiger partial charge on any atom is 0.137 e. The summed E-state index contributed by atoms with van der Waals surface area (Å²) in [7, 11) is 0. The summed E-state index contributed by atoms with van der Waals surface area (Å²) in [5.41, 5.74) is 0.899. The van der Waals surface area contributed by atoms with Gasteiger partial charge in [-0.25, -0.2) is 0 Å². The van der Waals surface area contributed by atoms with Crippen molar-refractivity contribution in [1.29, 1.82) is 5.26 Å². The molecule has 1 aromatic carbocycles. The van der Waals surface area contributed by atoms with Gasteiger partial charge >= 0.3 is 0 Å². The Morgan fingerprint density at radius 2 is 2.19 bits per heavy atom. The molecule has 3 nitrogen and oxygen atoms in total. The van der Waals surface area contributed by atoms with Crippen LogP contribution < -0.4 is 10.1 Å². The molecule has 0 unspecified atom stereocenters. The van der Waals surface area contributed by atoms with Gasteiger partial charge in [0.05, 0.1) is 23.1 Å². The third-order valence-corrected chi connectivity index (χ3v) is 3.97. The van der Waals surface area contributed by atoms with E-state index in [-0.39, 0.29) is 5.41 Å². The molecule has 21 heavy (non-hydrogen) atoms. The zero-order valence-corrected chi connectivity index (χ0v) is 13.5. The molecule has 0 aliphatic heterocycles. The molecule has 0 spiro atoms. The summed E-state index contributed by atoms with van der Waals surface area (Å²) in [6.45, 7) is 5.34. The van der Waals surface area contributed by atoms with Crippen molar-refractivity contribution in [3.05, 3.63) is 28.8 Å². The topological polar surface area (TPSA) is 45.0 Å². The molecule has 114 valence electrons. The minimum Gasteiger partial charge on any atom is -0.492 e. The lowest BCUT2D eigenvalue weighted by atomic mass is 9.90. The summed E-state index contributed by atoms with van der Waals surface area (Å²) in [6, 6.07) is 8.94. The molecule has 1 aliphatic rings. The van der Waals surface area contributed by atoms with Gasteiger partial charge in [-0.1, -0.05) is 17.7 Å². The molecule has 0 saturated heterocycles. The summed E-state index contributed by atoms with van der Waals surface area (Å²) in [5.74, 6) is 0.724. The Morgan fingerprint density at radius 1 is 1.43 bits per heavy atom. The molecule has 0 heterocycles. The Hall–Kier alpha value is -1.24. The van der Waals surface area contributed by atoms with Crippen molar-refractivity contribution in [3.63, 3.8) is 0 Å². The number of nitrogens with one attached hydrogen (secondary N) is 1. The van der Waals surface area contributed by atoms with E-state index in [1.165, 1.54) is 18.4 Å². The summed E-state index contributed by atoms with van der Waals surface area (Å²) in [5, 5.41) is 13.1. The highest BCUT2D eigenvalue weighted by molar-refractivity contribution is 6.32. The second-order valence-corrected chi connectivity index (χ2v) is 6.77. The second-order valence-electron chi connectivity index (χ2n) is 6.37. The van der Waals surface area contributed by atoms with E-state index in [1.807, 2.05) is 26.0 Å². The van der Waals surface area contributed by atoms with Crippen molar-refractivity contribution in [2.75, 3.05) is 6.61 Å². The lowest BCUT2D eigenvalue weighted by Crippen LogP contribution is -2.15. The SMILES string of the molecule is CC(C)(C#N)CCCOc1ccc(CNC2CC2)cc1Cl. The molecular weight excluding hydrogens is 284 g/mol. The van der Waals surface area contributed by atoms with E-state index in [0.717, 1.165) is 25.1 Å². The van der Waals surface area contributed by atoms with Crippen LogP contribution in [-0.4, -0.2) is 12.6 Å². The highest BCUT2D eigenvalue weighted by Crippen LogP contribution is 2.27. The maximum absolute atomic E-state index is 8.96. The monoisotopic (exact) mass is 306 g/mol. The van der Waals surface area contributed by atoms with Crippen LogP contribution in [0.1, 0.15) is 45.1 Å². The van der Waals surface area contributed by atoms with Crippen LogP contribution in [0, 0.1) is 16.7 Å². The number of ether oxygens (including phenoxy) is 1. The fourth-order valence-corrected chi connectivity index (χ4v) is 2.33. The van der Waals surface area contributed by atoms with Crippen molar-refractivity contribution < 1.29 is 4.74 Å². The van der Waals surface area contributed by atoms with Gasteiger partial charge in [-0.15, -0.1) is 0 Å². The average molecular weight is 307 g/mol. The fourth-order valence-electron chi connectivity index (χ4n) is 2.07. The normalized spacial score (nSPS) is 14.8. The number of hydrogen-bond acceptors (Lipinski definition) is 3. The van der Waals surface area contributed by atoms with Crippen LogP contribution in [0.25, 0.3) is 0 Å². The molecule has 0 radical (unpaired) electrons. The summed E-state index contributed by atoms with van der Waals surface area (Å²) in [6.07, 6.45) is 4.24. The first-order valence-electron chi connectivity index (χ1n) is 7.56. The largest absolute Gasteiger partial charge is 0.492 e. The first-order chi connectivity index (χ1) is 10.00. The van der Waals surface area contributed by atoms with E-state index in [4.69, 9.17) is 21.6 Å². The number of halogens is 1. The number of benzene rings is 1. The van der Waals surface area contributed by atoms with Crippen LogP contribution in [0.3, 0.4) is 0 Å². The Balaban J connectivity index is 1.76. The van der Waals surface area contributed by atoms with Crippen LogP contribution in [0.15, 0.2) is 18.2 Å². The predicted octanol–water partition coefficient (Wildman–Crippen LogP) is 4.30. The van der Waals surface area contributed by atoms with Crippen LogP contribution in [0.4, 0.5) is 0 Å². The van der Waals surface area contributed by atoms with E-state index in [1.54, 1.807) is 0 Å². The predicted molar refractivity (Wildman–Crippen MR) is 85.4 cm³/mol. The van der Waals surface area contributed by atoms with Gasteiger partial charge in [0.1, 0.15) is 5.75 Å². The quantitative estimate of drug-likeness (QED) is 0.728. The zero-order chi connectivity index (χ0) is 15.3. The van der Waals surface area contributed by atoms with Gasteiger partial charge in [-0.05, 0) is 57.2 Å². The smallest absolute Gasteiger partial charge is 0.137 e. The molecule has 1 aliphatic carbocycles. The maximum atomic E-state index is 8.96. The van der Waals surface area contributed by atoms with Gasteiger partial charge in [0.25, 0.3) is 0 Å². The van der Waals surface area contributed by atoms with Gasteiger partial charge < -0.3 is 10.1 Å². The molecule has 1 N–H and O–H groups in total. The van der Waals surface area contributed by atoms with E-state index in [2.05, 4.69) is 17.5 Å². The van der Waals surface area contributed by atoms with Crippen molar-refractivity contribution in [2.24, 2.45) is 5.41 Å². The van der Waals surface area contributed by atoms with Crippen molar-refractivity contribution in [3.8, 4) is 11.8 Å². The Morgan fingerprint density at radius 3 is 2.81 bits per heavy atom. The third-order valence-electron chi connectivity index (χ3n) is 3.67. The number of hydrogen-bond donors (Lipinski definition) is 1. The van der Waals surface area contributed by atoms with E-state index >= 15 is 0 Å². The lowest BCUT2D eigenvalue weighted by molar-refractivity contribution is 0.284. The van der Waals surface area contributed by atoms with Crippen molar-refractivity contribution in [1.82, 2.24) is 5.32 Å². The molecule has 0 atom stereocenters. The molecular formula is C17H23ClN2O. The van der Waals surface area contributed by atoms with Crippen molar-refractivity contribution in [2.45, 2.75) is 52.1 Å². The van der Waals surface area contributed by atoms with Gasteiger partial charge in [0, 0.05) is 12.6 Å². The summed E-state index contributed by atoms with van der Waals surface area (Å²) in [4.78, 5) is 0. The summed E-state index contributed by atoms with van der Waals surface area (Å²) < 4.78 is 5.71. The first-order valence-corrected chi connectivity index (χ1v) is 7.94. The number of nitriles is 1. The van der Waals surface area contributed by atoms with E-state index in [9.17, 15) is 0 Å². The second kappa shape index (κ2) is 7.15. The van der Waals surface area contributed by atoms with Crippen LogP contribution >= 0.6 is 11.6 Å². The Labute approximate surface area is 132 Å². The molecule has 1 aromatic rings. The number of rotatable bonds is 8. The fraction of sp³-hybridized carbons (Fsp3) is 0.588. The van der Waals surface area contributed by atoms with Crippen molar-refractivity contribution >= 4 is 11.6 Å². The molecule has 0 amide bonds. The third kappa shape index (κ3) is 5.57. The Bertz CT molecular complexity index is 518. The molecule has 0 bridgehead atoms. The molecule has 0 aromatic heterocycles. The molecule has 4 heteroatoms. The highest BCUT2D eigenvalue weighted by atomic mass is 35.5. The van der Waals surface area contributed by atoms with Gasteiger partial charge in [0.15, 0.2) is 0 Å². The Kier molecular flexibility index (Phi) is 5.50. The van der Waals surface area contributed by atoms with Gasteiger partial charge in [0.2, 0.25) is 0 Å². The van der Waals surface area contributed by atoms with Gasteiger partial charge in [-0.3, -0.25) is 0 Å². The average Bonchev–Trinajstić information content (AvgIpc) is 3.27. The minimum absolute atomic E-state index is 0.286. The standard InChI is InChI=1S/C17H23ClN2O/c1-17(2,12-19)8-3-9-21-16-7-4-13(10-15(16)18)11-20-14-5-6-14/h4,7,10,14,20H,3,5-6,8-9,11H2,1-2H3. The first kappa shape index (κ1) is 16.1. The van der Waals surface area contributed by atoms with Crippen LogP contribution in [-0.2, 0) is 6.54 Å². The van der Waals surface area contributed by atoms with E-state index < -0.39 is 0 Å². The summed E-state index contributed by atoms with van der Waals surface area (Å²) >= 11 is 6.25. The molecule has 1 fully saturated rings. The lowest BCUT2D eigenvalue weighted by Gasteiger charge is -2.15. The molecule has 1 saturated carbocycles. The number of nitrogens with zero attached hydrogens (tertiary/aromatic N) is 1. The van der Waals surface area contributed by atoms with Crippen LogP contribution in [0.2, 0.25) is 5.02 Å². The van der Waals surface area contributed by atoms with Crippen LogP contribution in [0.5, 0.6) is 5.75 Å².